The van der Waals surface area contributed by atoms with Gasteiger partial charge in [0.05, 0.1) is 19.1 Å². The van der Waals surface area contributed by atoms with Gasteiger partial charge in [-0.3, -0.25) is 9.59 Å². The fraction of sp³-hybridized carbons (Fsp3) is 0.167. The highest BCUT2D eigenvalue weighted by molar-refractivity contribution is 6.04. The second-order valence-corrected chi connectivity index (χ2v) is 6.99. The van der Waals surface area contributed by atoms with E-state index < -0.39 is 0 Å². The topological polar surface area (TPSA) is 80.6 Å². The van der Waals surface area contributed by atoms with Crippen molar-refractivity contribution in [1.29, 1.82) is 0 Å². The van der Waals surface area contributed by atoms with Crippen LogP contribution < -0.4 is 15.4 Å². The molecule has 2 amide bonds. The lowest BCUT2D eigenvalue weighted by molar-refractivity contribution is -0.111. The van der Waals surface area contributed by atoms with Crippen molar-refractivity contribution >= 4 is 29.3 Å². The minimum absolute atomic E-state index is 0.195. The maximum atomic E-state index is 12.3. The van der Waals surface area contributed by atoms with Crippen molar-refractivity contribution in [2.45, 2.75) is 19.8 Å². The number of hydrogen-bond acceptors (Lipinski definition) is 4. The molecule has 0 fully saturated rings. The van der Waals surface area contributed by atoms with E-state index in [4.69, 9.17) is 9.15 Å². The van der Waals surface area contributed by atoms with E-state index in [0.717, 1.165) is 5.56 Å². The van der Waals surface area contributed by atoms with Crippen molar-refractivity contribution in [3.8, 4) is 5.75 Å². The number of rotatable bonds is 7. The molecule has 0 aliphatic rings. The van der Waals surface area contributed by atoms with Gasteiger partial charge in [0.2, 0.25) is 5.91 Å². The highest BCUT2D eigenvalue weighted by atomic mass is 16.5. The molecule has 2 aromatic carbocycles. The standard InChI is InChI=1S/C24H24N2O4/c1-16(2)18-9-6-17(7-10-18)8-13-23(27)25-19-11-12-20(22(15-19)29-3)26-24(28)21-5-4-14-30-21/h4-16H,1-3H3,(H,25,27)(H,26,28)/b13-8+. The fourth-order valence-corrected chi connectivity index (χ4v) is 2.81. The first-order valence-corrected chi connectivity index (χ1v) is 9.58. The largest absolute Gasteiger partial charge is 0.494 e. The Bertz CT molecular complexity index is 1040. The fourth-order valence-electron chi connectivity index (χ4n) is 2.81. The first kappa shape index (κ1) is 20.9. The maximum absolute atomic E-state index is 12.3. The summed E-state index contributed by atoms with van der Waals surface area (Å²) < 4.78 is 10.4. The number of anilines is 2. The zero-order valence-corrected chi connectivity index (χ0v) is 17.1. The predicted molar refractivity (Wildman–Crippen MR) is 118 cm³/mol. The highest BCUT2D eigenvalue weighted by Gasteiger charge is 2.13. The summed E-state index contributed by atoms with van der Waals surface area (Å²) in [6, 6.07) is 16.3. The lowest BCUT2D eigenvalue weighted by atomic mass is 10.0. The second-order valence-electron chi connectivity index (χ2n) is 6.99. The van der Waals surface area contributed by atoms with Gasteiger partial charge in [0, 0.05) is 17.8 Å². The number of carbonyl (C=O) groups is 2. The lowest BCUT2D eigenvalue weighted by Crippen LogP contribution is -2.12. The Morgan fingerprint density at radius 2 is 1.80 bits per heavy atom. The van der Waals surface area contributed by atoms with E-state index in [2.05, 4.69) is 36.6 Å². The smallest absolute Gasteiger partial charge is 0.291 e. The zero-order valence-electron chi connectivity index (χ0n) is 17.1. The molecule has 2 N–H and O–H groups in total. The summed E-state index contributed by atoms with van der Waals surface area (Å²) in [6.07, 6.45) is 4.66. The van der Waals surface area contributed by atoms with E-state index >= 15 is 0 Å². The molecule has 30 heavy (non-hydrogen) atoms. The van der Waals surface area contributed by atoms with Crippen LogP contribution in [0.2, 0.25) is 0 Å². The van der Waals surface area contributed by atoms with Crippen LogP contribution in [0.1, 0.15) is 41.4 Å². The van der Waals surface area contributed by atoms with E-state index in [-0.39, 0.29) is 17.6 Å². The molecule has 0 aliphatic carbocycles. The molecular weight excluding hydrogens is 380 g/mol. The van der Waals surface area contributed by atoms with Crippen LogP contribution in [-0.2, 0) is 4.79 Å². The number of benzene rings is 2. The van der Waals surface area contributed by atoms with Gasteiger partial charge in [-0.25, -0.2) is 0 Å². The van der Waals surface area contributed by atoms with Crippen LogP contribution in [0.5, 0.6) is 5.75 Å². The number of amides is 2. The number of ether oxygens (including phenoxy) is 1. The summed E-state index contributed by atoms with van der Waals surface area (Å²) in [6.45, 7) is 4.28. The van der Waals surface area contributed by atoms with Gasteiger partial charge >= 0.3 is 0 Å². The van der Waals surface area contributed by atoms with Gasteiger partial charge in [0.25, 0.3) is 5.91 Å². The summed E-state index contributed by atoms with van der Waals surface area (Å²) in [4.78, 5) is 24.4. The van der Waals surface area contributed by atoms with Crippen molar-refractivity contribution in [3.63, 3.8) is 0 Å². The normalized spacial score (nSPS) is 10.9. The molecule has 0 saturated carbocycles. The third-order valence-corrected chi connectivity index (χ3v) is 4.49. The third kappa shape index (κ3) is 5.38. The van der Waals surface area contributed by atoms with Crippen molar-refractivity contribution < 1.29 is 18.7 Å². The van der Waals surface area contributed by atoms with Crippen molar-refractivity contribution in [2.24, 2.45) is 0 Å². The Balaban J connectivity index is 1.64. The van der Waals surface area contributed by atoms with E-state index in [1.54, 1.807) is 36.4 Å². The van der Waals surface area contributed by atoms with Gasteiger partial charge < -0.3 is 19.8 Å². The van der Waals surface area contributed by atoms with Crippen molar-refractivity contribution in [3.05, 3.63) is 83.8 Å². The van der Waals surface area contributed by atoms with Crippen LogP contribution in [0.25, 0.3) is 6.08 Å². The Morgan fingerprint density at radius 1 is 1.03 bits per heavy atom. The molecule has 0 radical (unpaired) electrons. The Morgan fingerprint density at radius 3 is 2.43 bits per heavy atom. The van der Waals surface area contributed by atoms with Gasteiger partial charge in [-0.05, 0) is 47.4 Å². The van der Waals surface area contributed by atoms with Gasteiger partial charge in [-0.2, -0.15) is 0 Å². The molecule has 1 aromatic heterocycles. The molecule has 154 valence electrons. The SMILES string of the molecule is COc1cc(NC(=O)/C=C/c2ccc(C(C)C)cc2)ccc1NC(=O)c1ccco1. The Labute approximate surface area is 175 Å². The van der Waals surface area contributed by atoms with Crippen LogP contribution in [0.4, 0.5) is 11.4 Å². The van der Waals surface area contributed by atoms with E-state index in [1.165, 1.54) is 25.0 Å². The highest BCUT2D eigenvalue weighted by Crippen LogP contribution is 2.28. The first-order chi connectivity index (χ1) is 14.5. The maximum Gasteiger partial charge on any atom is 0.291 e. The molecule has 0 aliphatic heterocycles. The molecule has 0 spiro atoms. The molecule has 6 nitrogen and oxygen atoms in total. The number of furan rings is 1. The monoisotopic (exact) mass is 404 g/mol. The third-order valence-electron chi connectivity index (χ3n) is 4.49. The van der Waals surface area contributed by atoms with Gasteiger partial charge in [0.1, 0.15) is 5.75 Å². The van der Waals surface area contributed by atoms with Crippen LogP contribution in [0.3, 0.4) is 0 Å². The molecule has 0 bridgehead atoms. The van der Waals surface area contributed by atoms with E-state index in [1.807, 2.05) is 12.1 Å². The molecule has 3 aromatic rings. The molecule has 1 heterocycles. The summed E-state index contributed by atoms with van der Waals surface area (Å²) >= 11 is 0. The van der Waals surface area contributed by atoms with Gasteiger partial charge in [-0.1, -0.05) is 38.1 Å². The van der Waals surface area contributed by atoms with Gasteiger partial charge in [0.15, 0.2) is 5.76 Å². The Hall–Kier alpha value is -3.80. The first-order valence-electron chi connectivity index (χ1n) is 9.58. The van der Waals surface area contributed by atoms with Crippen molar-refractivity contribution in [2.75, 3.05) is 17.7 Å². The lowest BCUT2D eigenvalue weighted by Gasteiger charge is -2.11. The molecule has 0 saturated heterocycles. The molecule has 6 heteroatoms. The minimum atomic E-state index is -0.387. The average Bonchev–Trinajstić information content (AvgIpc) is 3.28. The van der Waals surface area contributed by atoms with E-state index in [0.29, 0.717) is 23.0 Å². The van der Waals surface area contributed by atoms with Crippen LogP contribution in [-0.4, -0.2) is 18.9 Å². The Kier molecular flexibility index (Phi) is 6.70. The van der Waals surface area contributed by atoms with Crippen LogP contribution in [0.15, 0.2) is 71.4 Å². The predicted octanol–water partition coefficient (Wildman–Crippen LogP) is 5.32. The average molecular weight is 404 g/mol. The second kappa shape index (κ2) is 9.60. The number of methoxy groups -OCH3 is 1. The summed E-state index contributed by atoms with van der Waals surface area (Å²) in [5.41, 5.74) is 3.22. The minimum Gasteiger partial charge on any atom is -0.494 e. The van der Waals surface area contributed by atoms with Gasteiger partial charge in [-0.15, -0.1) is 0 Å². The zero-order chi connectivity index (χ0) is 21.5. The summed E-state index contributed by atoms with van der Waals surface area (Å²) in [7, 11) is 1.49. The van der Waals surface area contributed by atoms with Crippen molar-refractivity contribution in [1.82, 2.24) is 0 Å². The quantitative estimate of drug-likeness (QED) is 0.523. The molecule has 0 unspecified atom stereocenters. The van der Waals surface area contributed by atoms with Crippen LogP contribution in [0, 0.1) is 0 Å². The van der Waals surface area contributed by atoms with E-state index in [9.17, 15) is 9.59 Å². The number of carbonyl (C=O) groups excluding carboxylic acids is 2. The number of nitrogens with one attached hydrogen (secondary N) is 2. The summed E-state index contributed by atoms with van der Waals surface area (Å²) in [5, 5.41) is 5.51. The molecular formula is C24H24N2O4. The molecule has 0 atom stereocenters. The summed E-state index contributed by atoms with van der Waals surface area (Å²) in [5.74, 6) is 0.425. The number of hydrogen-bond donors (Lipinski definition) is 2. The van der Waals surface area contributed by atoms with Crippen LogP contribution >= 0.6 is 0 Å². The molecule has 3 rings (SSSR count).